The van der Waals surface area contributed by atoms with Crippen LogP contribution in [0.15, 0.2) is 53.1 Å². The van der Waals surface area contributed by atoms with Gasteiger partial charge in [0.2, 0.25) is 5.69 Å². The lowest BCUT2D eigenvalue weighted by molar-refractivity contribution is -0.660. The van der Waals surface area contributed by atoms with E-state index in [1.165, 1.54) is 5.56 Å². The van der Waals surface area contributed by atoms with Crippen molar-refractivity contribution in [2.45, 2.75) is 13.8 Å². The molecule has 0 aliphatic heterocycles. The second kappa shape index (κ2) is 5.21. The number of pyridine rings is 1. The number of aromatic nitrogens is 1. The molecule has 116 valence electrons. The van der Waals surface area contributed by atoms with Crippen LogP contribution in [0.1, 0.15) is 16.7 Å². The van der Waals surface area contributed by atoms with E-state index in [0.717, 1.165) is 38.8 Å². The fourth-order valence-corrected chi connectivity index (χ4v) is 3.44. The maximum Gasteiger partial charge on any atom is 0.216 e. The third-order valence-electron chi connectivity index (χ3n) is 4.59. The van der Waals surface area contributed by atoms with Crippen molar-refractivity contribution in [3.63, 3.8) is 0 Å². The van der Waals surface area contributed by atoms with Gasteiger partial charge in [-0.1, -0.05) is 12.1 Å². The lowest BCUT2D eigenvalue weighted by Crippen LogP contribution is -2.30. The molecule has 4 rings (SSSR count). The van der Waals surface area contributed by atoms with Crippen molar-refractivity contribution >= 4 is 21.9 Å². The molecule has 0 unspecified atom stereocenters. The Morgan fingerprint density at radius 1 is 1.04 bits per heavy atom. The molecule has 3 heteroatoms. The van der Waals surface area contributed by atoms with Crippen molar-refractivity contribution in [2.75, 3.05) is 0 Å². The first kappa shape index (κ1) is 14.5. The van der Waals surface area contributed by atoms with Crippen molar-refractivity contribution in [3.05, 3.63) is 65.4 Å². The molecule has 24 heavy (non-hydrogen) atoms. The lowest BCUT2D eigenvalue weighted by Gasteiger charge is -2.05. The van der Waals surface area contributed by atoms with E-state index < -0.39 is 0 Å². The predicted molar refractivity (Wildman–Crippen MR) is 94.5 cm³/mol. The Labute approximate surface area is 140 Å². The smallest absolute Gasteiger partial charge is 0.216 e. The predicted octanol–water partition coefficient (Wildman–Crippen LogP) is 4.57. The molecule has 0 aliphatic rings. The Balaban J connectivity index is 2.18. The average molecular weight is 313 g/mol. The van der Waals surface area contributed by atoms with Crippen LogP contribution in [-0.4, -0.2) is 0 Å². The number of hydrogen-bond acceptors (Lipinski definition) is 2. The number of rotatable bonds is 1. The summed E-state index contributed by atoms with van der Waals surface area (Å²) >= 11 is 0. The SMILES string of the molecule is Cc1ccc2c(oc3cc(C#N)cc(C)c32)c1-c1cccc[n+]1C. The van der Waals surface area contributed by atoms with Gasteiger partial charge in [-0.3, -0.25) is 0 Å². The summed E-state index contributed by atoms with van der Waals surface area (Å²) in [6.45, 7) is 4.13. The highest BCUT2D eigenvalue weighted by atomic mass is 16.3. The van der Waals surface area contributed by atoms with E-state index in [1.807, 2.05) is 44.4 Å². The summed E-state index contributed by atoms with van der Waals surface area (Å²) in [6.07, 6.45) is 2.04. The molecule has 0 bridgehead atoms. The highest BCUT2D eigenvalue weighted by molar-refractivity contribution is 6.11. The summed E-state index contributed by atoms with van der Waals surface area (Å²) in [5.41, 5.74) is 6.72. The molecule has 0 fully saturated rings. The molecule has 0 amide bonds. The first-order chi connectivity index (χ1) is 11.6. The van der Waals surface area contributed by atoms with Crippen LogP contribution in [0.5, 0.6) is 0 Å². The largest absolute Gasteiger partial charge is 0.455 e. The highest BCUT2D eigenvalue weighted by Crippen LogP contribution is 2.38. The standard InChI is InChI=1S/C21H17N2O/c1-13-7-8-16-19-14(2)10-15(12-22)11-18(19)24-21(16)20(13)17-6-4-5-9-23(17)3/h4-11H,1-3H3/q+1. The van der Waals surface area contributed by atoms with E-state index in [9.17, 15) is 5.26 Å². The van der Waals surface area contributed by atoms with E-state index in [1.54, 1.807) is 0 Å². The molecule has 0 saturated heterocycles. The first-order valence-corrected chi connectivity index (χ1v) is 7.91. The van der Waals surface area contributed by atoms with Crippen LogP contribution in [0.25, 0.3) is 33.2 Å². The summed E-state index contributed by atoms with van der Waals surface area (Å²) in [6, 6.07) is 16.3. The molecule has 0 radical (unpaired) electrons. The molecule has 0 N–H and O–H groups in total. The second-order valence-electron chi connectivity index (χ2n) is 6.21. The number of hydrogen-bond donors (Lipinski definition) is 0. The van der Waals surface area contributed by atoms with Gasteiger partial charge in [0.05, 0.1) is 17.2 Å². The number of aryl methyl sites for hydroxylation is 3. The van der Waals surface area contributed by atoms with E-state index in [-0.39, 0.29) is 0 Å². The Kier molecular flexibility index (Phi) is 3.14. The van der Waals surface area contributed by atoms with Gasteiger partial charge in [-0.25, -0.2) is 4.57 Å². The van der Waals surface area contributed by atoms with Gasteiger partial charge < -0.3 is 4.42 Å². The Bertz CT molecular complexity index is 1150. The summed E-state index contributed by atoms with van der Waals surface area (Å²) in [5.74, 6) is 0. The third kappa shape index (κ3) is 2.00. The van der Waals surface area contributed by atoms with Crippen molar-refractivity contribution in [3.8, 4) is 17.3 Å². The minimum absolute atomic E-state index is 0.627. The fourth-order valence-electron chi connectivity index (χ4n) is 3.44. The zero-order valence-electron chi connectivity index (χ0n) is 13.9. The molecule has 0 aliphatic carbocycles. The molecule has 0 saturated carbocycles. The van der Waals surface area contributed by atoms with Crippen LogP contribution < -0.4 is 4.57 Å². The molecular weight excluding hydrogens is 296 g/mol. The van der Waals surface area contributed by atoms with Gasteiger partial charge >= 0.3 is 0 Å². The van der Waals surface area contributed by atoms with Crippen molar-refractivity contribution in [2.24, 2.45) is 7.05 Å². The number of nitriles is 1. The Morgan fingerprint density at radius 3 is 2.62 bits per heavy atom. The molecule has 0 spiro atoms. The summed E-state index contributed by atoms with van der Waals surface area (Å²) in [7, 11) is 2.04. The van der Waals surface area contributed by atoms with Crippen LogP contribution in [0.4, 0.5) is 0 Å². The molecule has 2 aromatic carbocycles. The van der Waals surface area contributed by atoms with Gasteiger partial charge in [-0.05, 0) is 43.2 Å². The van der Waals surface area contributed by atoms with Gasteiger partial charge in [0.1, 0.15) is 18.2 Å². The molecule has 2 aromatic heterocycles. The number of benzene rings is 2. The Hall–Kier alpha value is -3.12. The maximum absolute atomic E-state index is 9.21. The van der Waals surface area contributed by atoms with Gasteiger partial charge in [0.25, 0.3) is 0 Å². The number of nitrogens with zero attached hydrogens (tertiary/aromatic N) is 2. The minimum Gasteiger partial charge on any atom is -0.455 e. The van der Waals surface area contributed by atoms with E-state index in [4.69, 9.17) is 4.42 Å². The zero-order valence-corrected chi connectivity index (χ0v) is 13.9. The number of fused-ring (bicyclic) bond motifs is 3. The van der Waals surface area contributed by atoms with Crippen LogP contribution in [0.3, 0.4) is 0 Å². The quantitative estimate of drug-likeness (QED) is 0.483. The lowest BCUT2D eigenvalue weighted by atomic mass is 9.99. The second-order valence-corrected chi connectivity index (χ2v) is 6.21. The third-order valence-corrected chi connectivity index (χ3v) is 4.59. The normalized spacial score (nSPS) is 11.1. The monoisotopic (exact) mass is 313 g/mol. The fraction of sp³-hybridized carbons (Fsp3) is 0.143. The highest BCUT2D eigenvalue weighted by Gasteiger charge is 2.20. The zero-order chi connectivity index (χ0) is 16.8. The number of furan rings is 1. The minimum atomic E-state index is 0.627. The van der Waals surface area contributed by atoms with E-state index in [2.05, 4.69) is 35.8 Å². The van der Waals surface area contributed by atoms with Crippen LogP contribution >= 0.6 is 0 Å². The maximum atomic E-state index is 9.21. The van der Waals surface area contributed by atoms with Gasteiger partial charge in [0, 0.05) is 22.9 Å². The summed E-state index contributed by atoms with van der Waals surface area (Å²) in [5, 5.41) is 11.4. The molecule has 0 atom stereocenters. The molecule has 3 nitrogen and oxygen atoms in total. The molecular formula is C21H17N2O+. The van der Waals surface area contributed by atoms with Gasteiger partial charge in [-0.2, -0.15) is 5.26 Å². The summed E-state index contributed by atoms with van der Waals surface area (Å²) in [4.78, 5) is 0. The van der Waals surface area contributed by atoms with E-state index in [0.29, 0.717) is 5.56 Å². The summed E-state index contributed by atoms with van der Waals surface area (Å²) < 4.78 is 8.33. The molecule has 2 heterocycles. The van der Waals surface area contributed by atoms with Gasteiger partial charge in [0.15, 0.2) is 6.20 Å². The van der Waals surface area contributed by atoms with E-state index >= 15 is 0 Å². The van der Waals surface area contributed by atoms with Crippen LogP contribution in [0.2, 0.25) is 0 Å². The molecule has 4 aromatic rings. The topological polar surface area (TPSA) is 40.8 Å². The average Bonchev–Trinajstić information content (AvgIpc) is 2.94. The van der Waals surface area contributed by atoms with Gasteiger partial charge in [-0.15, -0.1) is 0 Å². The first-order valence-electron chi connectivity index (χ1n) is 7.91. The van der Waals surface area contributed by atoms with Crippen molar-refractivity contribution in [1.29, 1.82) is 5.26 Å². The van der Waals surface area contributed by atoms with Crippen LogP contribution in [-0.2, 0) is 7.05 Å². The van der Waals surface area contributed by atoms with Crippen LogP contribution in [0, 0.1) is 25.2 Å². The van der Waals surface area contributed by atoms with Crippen molar-refractivity contribution in [1.82, 2.24) is 0 Å². The van der Waals surface area contributed by atoms with Crippen molar-refractivity contribution < 1.29 is 8.98 Å². The Morgan fingerprint density at radius 2 is 1.88 bits per heavy atom.